The molecule has 1 aliphatic rings. The molecule has 1 aromatic carbocycles. The van der Waals surface area contributed by atoms with Gasteiger partial charge in [-0.05, 0) is 30.4 Å². The molecule has 17 heavy (non-hydrogen) atoms. The lowest BCUT2D eigenvalue weighted by Gasteiger charge is -2.30. The fourth-order valence-electron chi connectivity index (χ4n) is 2.42. The number of allylic oxidation sites excluding steroid dienone is 1. The lowest BCUT2D eigenvalue weighted by Crippen LogP contribution is -2.34. The number of rotatable bonds is 3. The molecule has 0 saturated heterocycles. The van der Waals surface area contributed by atoms with Crippen LogP contribution in [0, 0.1) is 5.92 Å². The molecule has 0 aromatic heterocycles. The second-order valence-corrected chi connectivity index (χ2v) is 4.91. The average Bonchev–Trinajstić information content (AvgIpc) is 2.29. The van der Waals surface area contributed by atoms with Crippen molar-refractivity contribution in [2.45, 2.75) is 39.1 Å². The Balaban J connectivity index is 1.97. The minimum absolute atomic E-state index is 0.147. The van der Waals surface area contributed by atoms with E-state index < -0.39 is 0 Å². The Morgan fingerprint density at radius 2 is 2.00 bits per heavy atom. The highest BCUT2D eigenvalue weighted by molar-refractivity contribution is 5.16. The quantitative estimate of drug-likeness (QED) is 0.812. The van der Waals surface area contributed by atoms with Crippen LogP contribution < -0.4 is 0 Å². The van der Waals surface area contributed by atoms with Crippen molar-refractivity contribution in [2.24, 2.45) is 5.92 Å². The first-order chi connectivity index (χ1) is 8.16. The normalized spacial score (nSPS) is 28.9. The summed E-state index contributed by atoms with van der Waals surface area (Å²) in [6, 6.07) is 10.1. The first kappa shape index (κ1) is 12.3. The van der Waals surface area contributed by atoms with Crippen LogP contribution in [0.4, 0.5) is 0 Å². The highest BCUT2D eigenvalue weighted by Crippen LogP contribution is 2.26. The van der Waals surface area contributed by atoms with Gasteiger partial charge in [0, 0.05) is 0 Å². The van der Waals surface area contributed by atoms with Crippen molar-refractivity contribution in [1.29, 1.82) is 0 Å². The maximum Gasteiger partial charge on any atom is 0.105 e. The van der Waals surface area contributed by atoms with E-state index in [2.05, 4.69) is 13.0 Å². The van der Waals surface area contributed by atoms with E-state index in [-0.39, 0.29) is 12.2 Å². The molecule has 0 heterocycles. The summed E-state index contributed by atoms with van der Waals surface area (Å²) in [6.07, 6.45) is 2.46. The number of ether oxygens (including phenoxy) is 1. The van der Waals surface area contributed by atoms with Gasteiger partial charge in [0.1, 0.15) is 6.10 Å². The van der Waals surface area contributed by atoms with Crippen molar-refractivity contribution in [3.63, 3.8) is 0 Å². The van der Waals surface area contributed by atoms with Crippen molar-refractivity contribution in [1.82, 2.24) is 0 Å². The summed E-state index contributed by atoms with van der Waals surface area (Å²) in [7, 11) is 0. The first-order valence-electron chi connectivity index (χ1n) is 6.18. The van der Waals surface area contributed by atoms with Crippen LogP contribution in [0.5, 0.6) is 0 Å². The topological polar surface area (TPSA) is 29.5 Å². The number of benzene rings is 1. The monoisotopic (exact) mass is 232 g/mol. The van der Waals surface area contributed by atoms with Crippen molar-refractivity contribution >= 4 is 0 Å². The van der Waals surface area contributed by atoms with Gasteiger partial charge in [-0.25, -0.2) is 0 Å². The van der Waals surface area contributed by atoms with E-state index >= 15 is 0 Å². The van der Waals surface area contributed by atoms with Crippen molar-refractivity contribution in [2.75, 3.05) is 0 Å². The molecule has 0 radical (unpaired) electrons. The Morgan fingerprint density at radius 3 is 2.65 bits per heavy atom. The van der Waals surface area contributed by atoms with Crippen LogP contribution in [0.2, 0.25) is 0 Å². The minimum atomic E-state index is -0.376. The fraction of sp³-hybridized carbons (Fsp3) is 0.467. The Bertz CT molecular complexity index is 383. The molecule has 0 bridgehead atoms. The minimum Gasteiger partial charge on any atom is -0.390 e. The predicted octanol–water partition coefficient (Wildman–Crippen LogP) is 2.92. The molecule has 92 valence electrons. The average molecular weight is 232 g/mol. The molecule has 0 unspecified atom stereocenters. The number of hydrogen-bond donors (Lipinski definition) is 1. The van der Waals surface area contributed by atoms with Crippen LogP contribution >= 0.6 is 0 Å². The van der Waals surface area contributed by atoms with Crippen LogP contribution in [0.15, 0.2) is 42.0 Å². The smallest absolute Gasteiger partial charge is 0.105 e. The summed E-state index contributed by atoms with van der Waals surface area (Å²) >= 11 is 0. The standard InChI is InChI=1S/C15H20O2/c1-11-8-12(2)15(14(16)9-11)17-10-13-6-4-3-5-7-13/h3-8,11,14-16H,9-10H2,1-2H3/t11-,14+,15-/m0/s1. The summed E-state index contributed by atoms with van der Waals surface area (Å²) < 4.78 is 5.82. The highest BCUT2D eigenvalue weighted by atomic mass is 16.5. The lowest BCUT2D eigenvalue weighted by atomic mass is 9.88. The predicted molar refractivity (Wildman–Crippen MR) is 68.6 cm³/mol. The van der Waals surface area contributed by atoms with Gasteiger partial charge in [-0.3, -0.25) is 0 Å². The summed E-state index contributed by atoms with van der Waals surface area (Å²) in [5.41, 5.74) is 2.29. The zero-order valence-corrected chi connectivity index (χ0v) is 10.5. The third-order valence-electron chi connectivity index (χ3n) is 3.23. The van der Waals surface area contributed by atoms with Gasteiger partial charge in [0.15, 0.2) is 0 Å². The van der Waals surface area contributed by atoms with Crippen LogP contribution in [0.3, 0.4) is 0 Å². The second-order valence-electron chi connectivity index (χ2n) is 4.91. The maximum atomic E-state index is 10.0. The van der Waals surface area contributed by atoms with Crippen molar-refractivity contribution in [3.05, 3.63) is 47.5 Å². The SMILES string of the molecule is CC1=C[C@H](C)C[C@@H](O)[C@H]1OCc1ccccc1. The molecule has 2 rings (SSSR count). The molecule has 0 saturated carbocycles. The molecular weight excluding hydrogens is 212 g/mol. The molecule has 0 fully saturated rings. The molecule has 1 aliphatic carbocycles. The van der Waals surface area contributed by atoms with E-state index in [4.69, 9.17) is 4.74 Å². The third kappa shape index (κ3) is 3.18. The largest absolute Gasteiger partial charge is 0.390 e. The van der Waals surface area contributed by atoms with Crippen LogP contribution in [0.25, 0.3) is 0 Å². The summed E-state index contributed by atoms with van der Waals surface area (Å²) in [4.78, 5) is 0. The Morgan fingerprint density at radius 1 is 1.29 bits per heavy atom. The molecule has 2 nitrogen and oxygen atoms in total. The van der Waals surface area contributed by atoms with Gasteiger partial charge in [-0.15, -0.1) is 0 Å². The molecule has 1 aromatic rings. The molecule has 3 atom stereocenters. The zero-order chi connectivity index (χ0) is 12.3. The summed E-state index contributed by atoms with van der Waals surface area (Å²) in [6.45, 7) is 4.72. The van der Waals surface area contributed by atoms with E-state index in [1.54, 1.807) is 0 Å². The third-order valence-corrected chi connectivity index (χ3v) is 3.23. The second kappa shape index (κ2) is 5.48. The van der Waals surface area contributed by atoms with Crippen LogP contribution in [-0.4, -0.2) is 17.3 Å². The maximum absolute atomic E-state index is 10.0. The van der Waals surface area contributed by atoms with E-state index in [0.717, 1.165) is 17.6 Å². The van der Waals surface area contributed by atoms with E-state index in [9.17, 15) is 5.11 Å². The molecule has 0 aliphatic heterocycles. The van der Waals surface area contributed by atoms with Gasteiger partial charge < -0.3 is 9.84 Å². The molecule has 0 spiro atoms. The van der Waals surface area contributed by atoms with Crippen LogP contribution in [-0.2, 0) is 11.3 Å². The molecule has 2 heteroatoms. The van der Waals surface area contributed by atoms with Gasteiger partial charge in [-0.2, -0.15) is 0 Å². The molecule has 0 amide bonds. The summed E-state index contributed by atoms with van der Waals surface area (Å²) in [5.74, 6) is 0.446. The Hall–Kier alpha value is -1.12. The van der Waals surface area contributed by atoms with Crippen molar-refractivity contribution in [3.8, 4) is 0 Å². The number of aliphatic hydroxyl groups excluding tert-OH is 1. The summed E-state index contributed by atoms with van der Waals surface area (Å²) in [5, 5.41) is 10.0. The van der Waals surface area contributed by atoms with Gasteiger partial charge in [0.25, 0.3) is 0 Å². The van der Waals surface area contributed by atoms with Crippen LogP contribution in [0.1, 0.15) is 25.8 Å². The molecule has 1 N–H and O–H groups in total. The Labute approximate surface area is 103 Å². The highest BCUT2D eigenvalue weighted by Gasteiger charge is 2.27. The Kier molecular flexibility index (Phi) is 3.97. The van der Waals surface area contributed by atoms with E-state index in [1.165, 1.54) is 0 Å². The fourth-order valence-corrected chi connectivity index (χ4v) is 2.42. The van der Waals surface area contributed by atoms with Crippen molar-refractivity contribution < 1.29 is 9.84 Å². The first-order valence-corrected chi connectivity index (χ1v) is 6.18. The number of hydrogen-bond acceptors (Lipinski definition) is 2. The zero-order valence-electron chi connectivity index (χ0n) is 10.5. The van der Waals surface area contributed by atoms with E-state index in [0.29, 0.717) is 12.5 Å². The van der Waals surface area contributed by atoms with E-state index in [1.807, 2.05) is 37.3 Å². The van der Waals surface area contributed by atoms with Gasteiger partial charge in [-0.1, -0.05) is 43.3 Å². The number of aliphatic hydroxyl groups is 1. The lowest BCUT2D eigenvalue weighted by molar-refractivity contribution is -0.0370. The van der Waals surface area contributed by atoms with Gasteiger partial charge in [0.05, 0.1) is 12.7 Å². The molecular formula is C15H20O2. The van der Waals surface area contributed by atoms with Gasteiger partial charge >= 0.3 is 0 Å². The van der Waals surface area contributed by atoms with Gasteiger partial charge in [0.2, 0.25) is 0 Å².